The fraction of sp³-hybridized carbons (Fsp3) is 0.353. The van der Waals surface area contributed by atoms with Crippen molar-refractivity contribution in [2.24, 2.45) is 0 Å². The first-order valence-electron chi connectivity index (χ1n) is 7.35. The second kappa shape index (κ2) is 6.41. The Hall–Kier alpha value is -1.65. The van der Waals surface area contributed by atoms with Crippen LogP contribution in [0.25, 0.3) is 0 Å². The molecule has 1 aromatic heterocycles. The van der Waals surface area contributed by atoms with Crippen LogP contribution >= 0.6 is 11.3 Å². The molecule has 1 atom stereocenters. The zero-order chi connectivity index (χ0) is 14.7. The van der Waals surface area contributed by atoms with Gasteiger partial charge in [0.1, 0.15) is 0 Å². The SMILES string of the molecule is C[C@H]1c2ccsc2CCN1CC(=O)NCc1ccccc1. The predicted molar refractivity (Wildman–Crippen MR) is 86.3 cm³/mol. The topological polar surface area (TPSA) is 32.3 Å². The van der Waals surface area contributed by atoms with E-state index in [1.165, 1.54) is 10.4 Å². The highest BCUT2D eigenvalue weighted by Gasteiger charge is 2.25. The molecule has 3 rings (SSSR count). The third-order valence-electron chi connectivity index (χ3n) is 4.08. The third kappa shape index (κ3) is 3.34. The average Bonchev–Trinajstić information content (AvgIpc) is 2.98. The van der Waals surface area contributed by atoms with Gasteiger partial charge in [0, 0.05) is 24.0 Å². The molecule has 0 aliphatic carbocycles. The van der Waals surface area contributed by atoms with E-state index in [9.17, 15) is 4.79 Å². The molecule has 2 aromatic rings. The molecule has 1 N–H and O–H groups in total. The summed E-state index contributed by atoms with van der Waals surface area (Å²) < 4.78 is 0. The van der Waals surface area contributed by atoms with Crippen molar-refractivity contribution < 1.29 is 4.79 Å². The lowest BCUT2D eigenvalue weighted by molar-refractivity contribution is -0.123. The lowest BCUT2D eigenvalue weighted by Gasteiger charge is -2.32. The molecule has 2 heterocycles. The van der Waals surface area contributed by atoms with Crippen LogP contribution in [-0.2, 0) is 17.8 Å². The van der Waals surface area contributed by atoms with Crippen molar-refractivity contribution in [1.82, 2.24) is 10.2 Å². The van der Waals surface area contributed by atoms with Gasteiger partial charge >= 0.3 is 0 Å². The minimum absolute atomic E-state index is 0.101. The van der Waals surface area contributed by atoms with Gasteiger partial charge in [-0.1, -0.05) is 30.3 Å². The van der Waals surface area contributed by atoms with E-state index in [0.29, 0.717) is 19.1 Å². The number of amides is 1. The largest absolute Gasteiger partial charge is 0.351 e. The van der Waals surface area contributed by atoms with Gasteiger partial charge in [-0.25, -0.2) is 0 Å². The minimum atomic E-state index is 0.101. The summed E-state index contributed by atoms with van der Waals surface area (Å²) in [4.78, 5) is 15.9. The molecule has 0 saturated heterocycles. The number of rotatable bonds is 4. The molecule has 0 radical (unpaired) electrons. The Kier molecular flexibility index (Phi) is 4.36. The van der Waals surface area contributed by atoms with Crippen molar-refractivity contribution in [3.8, 4) is 0 Å². The molecule has 4 heteroatoms. The van der Waals surface area contributed by atoms with Crippen LogP contribution in [-0.4, -0.2) is 23.9 Å². The number of nitrogens with one attached hydrogen (secondary N) is 1. The minimum Gasteiger partial charge on any atom is -0.351 e. The lowest BCUT2D eigenvalue weighted by atomic mass is 10.0. The van der Waals surface area contributed by atoms with Gasteiger partial charge < -0.3 is 5.32 Å². The predicted octanol–water partition coefficient (Wildman–Crippen LogP) is 2.98. The molecular weight excluding hydrogens is 280 g/mol. The van der Waals surface area contributed by atoms with Crippen LogP contribution in [0, 0.1) is 0 Å². The number of benzene rings is 1. The van der Waals surface area contributed by atoms with E-state index in [4.69, 9.17) is 0 Å². The first kappa shape index (κ1) is 14.3. The van der Waals surface area contributed by atoms with Crippen molar-refractivity contribution in [3.05, 3.63) is 57.8 Å². The van der Waals surface area contributed by atoms with Gasteiger partial charge in [-0.3, -0.25) is 9.69 Å². The number of hydrogen-bond acceptors (Lipinski definition) is 3. The van der Waals surface area contributed by atoms with Crippen molar-refractivity contribution in [3.63, 3.8) is 0 Å². The summed E-state index contributed by atoms with van der Waals surface area (Å²) in [6, 6.07) is 12.6. The Balaban J connectivity index is 1.54. The van der Waals surface area contributed by atoms with Crippen LogP contribution in [0.5, 0.6) is 0 Å². The van der Waals surface area contributed by atoms with Gasteiger partial charge in [-0.2, -0.15) is 0 Å². The standard InChI is InChI=1S/C17H20N2OS/c1-13-15-8-10-21-16(15)7-9-19(13)12-17(20)18-11-14-5-3-2-4-6-14/h2-6,8,10,13H,7,9,11-12H2,1H3,(H,18,20)/t13-/m0/s1. The van der Waals surface area contributed by atoms with Gasteiger partial charge in [-0.15, -0.1) is 11.3 Å². The molecule has 0 fully saturated rings. The smallest absolute Gasteiger partial charge is 0.234 e. The molecule has 0 saturated carbocycles. The first-order chi connectivity index (χ1) is 10.2. The molecule has 0 bridgehead atoms. The second-order valence-corrected chi connectivity index (χ2v) is 6.46. The van der Waals surface area contributed by atoms with Crippen molar-refractivity contribution in [2.45, 2.75) is 25.9 Å². The molecule has 1 aromatic carbocycles. The van der Waals surface area contributed by atoms with Crippen molar-refractivity contribution >= 4 is 17.2 Å². The number of thiophene rings is 1. The highest BCUT2D eigenvalue weighted by Crippen LogP contribution is 2.32. The molecule has 1 amide bonds. The van der Waals surface area contributed by atoms with Crippen LogP contribution in [0.2, 0.25) is 0 Å². The highest BCUT2D eigenvalue weighted by atomic mass is 32.1. The number of hydrogen-bond donors (Lipinski definition) is 1. The second-order valence-electron chi connectivity index (χ2n) is 5.46. The Labute approximate surface area is 129 Å². The van der Waals surface area contributed by atoms with Gasteiger partial charge in [0.25, 0.3) is 0 Å². The van der Waals surface area contributed by atoms with Gasteiger partial charge in [0.15, 0.2) is 0 Å². The van der Waals surface area contributed by atoms with E-state index in [-0.39, 0.29) is 5.91 Å². The molecule has 110 valence electrons. The van der Waals surface area contributed by atoms with Crippen molar-refractivity contribution in [2.75, 3.05) is 13.1 Å². The summed E-state index contributed by atoms with van der Waals surface area (Å²) in [6.45, 7) is 4.23. The number of carbonyl (C=O) groups is 1. The summed E-state index contributed by atoms with van der Waals surface area (Å²) in [5.74, 6) is 0.101. The van der Waals surface area contributed by atoms with Crippen LogP contribution in [0.4, 0.5) is 0 Å². The summed E-state index contributed by atoms with van der Waals surface area (Å²) in [5.41, 5.74) is 2.53. The molecular formula is C17H20N2OS. The number of nitrogens with zero attached hydrogens (tertiary/aromatic N) is 1. The van der Waals surface area contributed by atoms with E-state index in [1.54, 1.807) is 0 Å². The maximum Gasteiger partial charge on any atom is 0.234 e. The monoisotopic (exact) mass is 300 g/mol. The Bertz CT molecular complexity index is 608. The number of fused-ring (bicyclic) bond motifs is 1. The summed E-state index contributed by atoms with van der Waals surface area (Å²) in [7, 11) is 0. The van der Waals surface area contributed by atoms with Crippen LogP contribution in [0.3, 0.4) is 0 Å². The van der Waals surface area contributed by atoms with Gasteiger partial charge in [0.05, 0.1) is 6.54 Å². The van der Waals surface area contributed by atoms with Gasteiger partial charge in [0.2, 0.25) is 5.91 Å². The van der Waals surface area contributed by atoms with Crippen LogP contribution < -0.4 is 5.32 Å². The van der Waals surface area contributed by atoms with Gasteiger partial charge in [-0.05, 0) is 35.9 Å². The van der Waals surface area contributed by atoms with E-state index in [2.05, 4.69) is 28.6 Å². The zero-order valence-corrected chi connectivity index (χ0v) is 13.0. The Morgan fingerprint density at radius 3 is 2.95 bits per heavy atom. The average molecular weight is 300 g/mol. The van der Waals surface area contributed by atoms with Crippen molar-refractivity contribution in [1.29, 1.82) is 0 Å². The summed E-state index contributed by atoms with van der Waals surface area (Å²) in [5, 5.41) is 5.16. The molecule has 3 nitrogen and oxygen atoms in total. The van der Waals surface area contributed by atoms with Crippen LogP contribution in [0.15, 0.2) is 41.8 Å². The maximum absolute atomic E-state index is 12.1. The van der Waals surface area contributed by atoms with E-state index >= 15 is 0 Å². The maximum atomic E-state index is 12.1. The lowest BCUT2D eigenvalue weighted by Crippen LogP contribution is -2.41. The fourth-order valence-electron chi connectivity index (χ4n) is 2.81. The fourth-order valence-corrected chi connectivity index (χ4v) is 3.78. The molecule has 1 aliphatic heterocycles. The number of carbonyl (C=O) groups excluding carboxylic acids is 1. The third-order valence-corrected chi connectivity index (χ3v) is 5.08. The Morgan fingerprint density at radius 1 is 1.33 bits per heavy atom. The van der Waals surface area contributed by atoms with E-state index < -0.39 is 0 Å². The van der Waals surface area contributed by atoms with E-state index in [0.717, 1.165) is 18.5 Å². The molecule has 0 unspecified atom stereocenters. The summed E-state index contributed by atoms with van der Waals surface area (Å²) >= 11 is 1.83. The zero-order valence-electron chi connectivity index (χ0n) is 12.2. The molecule has 21 heavy (non-hydrogen) atoms. The van der Waals surface area contributed by atoms with Crippen LogP contribution in [0.1, 0.15) is 29.0 Å². The quantitative estimate of drug-likeness (QED) is 0.941. The molecule has 1 aliphatic rings. The first-order valence-corrected chi connectivity index (χ1v) is 8.23. The highest BCUT2D eigenvalue weighted by molar-refractivity contribution is 7.10. The van der Waals surface area contributed by atoms with E-state index in [1.807, 2.05) is 41.7 Å². The normalized spacial score (nSPS) is 18.2. The summed E-state index contributed by atoms with van der Waals surface area (Å²) in [6.07, 6.45) is 1.06. The molecule has 0 spiro atoms. The Morgan fingerprint density at radius 2 is 2.14 bits per heavy atom.